The van der Waals surface area contributed by atoms with Crippen LogP contribution < -0.4 is 10.6 Å². The van der Waals surface area contributed by atoms with Gasteiger partial charge < -0.3 is 15.4 Å². The number of carbonyl (C=O) groups excluding carboxylic acids is 2. The number of halogens is 1. The minimum Gasteiger partial charge on any atom is -0.444 e. The summed E-state index contributed by atoms with van der Waals surface area (Å²) in [6.07, 6.45) is -0.0858. The van der Waals surface area contributed by atoms with Crippen LogP contribution in [0.1, 0.15) is 37.5 Å². The third kappa shape index (κ3) is 8.26. The molecule has 0 bridgehead atoms. The minimum atomic E-state index is -0.512. The van der Waals surface area contributed by atoms with Crippen LogP contribution >= 0.6 is 15.9 Å². The zero-order valence-electron chi connectivity index (χ0n) is 15.8. The molecular formula is C21H25BrN2O3. The average molecular weight is 433 g/mol. The van der Waals surface area contributed by atoms with E-state index in [0.717, 1.165) is 21.2 Å². The molecule has 0 spiro atoms. The number of hydrogen-bond donors (Lipinski definition) is 2. The Morgan fingerprint density at radius 3 is 1.85 bits per heavy atom. The predicted molar refractivity (Wildman–Crippen MR) is 109 cm³/mol. The number of amides is 2. The highest BCUT2D eigenvalue weighted by atomic mass is 79.9. The van der Waals surface area contributed by atoms with Crippen LogP contribution in [0.4, 0.5) is 4.79 Å². The Morgan fingerprint density at radius 2 is 1.33 bits per heavy atom. The van der Waals surface area contributed by atoms with Crippen LogP contribution in [0.5, 0.6) is 0 Å². The Hall–Kier alpha value is -2.34. The molecule has 2 rings (SSSR count). The number of ether oxygens (including phenoxy) is 1. The molecule has 0 aromatic heterocycles. The van der Waals surface area contributed by atoms with E-state index in [-0.39, 0.29) is 5.91 Å². The number of rotatable bonds is 6. The third-order valence-electron chi connectivity index (χ3n) is 3.63. The molecule has 27 heavy (non-hydrogen) atoms. The lowest BCUT2D eigenvalue weighted by atomic mass is 10.1. The SMILES string of the molecule is CC(C)(C)OC(=O)NCc1ccc(CNC(=O)Cc2ccc(Br)cc2)cc1. The Balaban J connectivity index is 1.75. The Labute approximate surface area is 168 Å². The molecule has 0 saturated carbocycles. The molecule has 2 aromatic rings. The first kappa shape index (κ1) is 21.0. The summed E-state index contributed by atoms with van der Waals surface area (Å²) >= 11 is 3.38. The van der Waals surface area contributed by atoms with E-state index < -0.39 is 11.7 Å². The topological polar surface area (TPSA) is 67.4 Å². The van der Waals surface area contributed by atoms with E-state index in [1.807, 2.05) is 69.3 Å². The van der Waals surface area contributed by atoms with Crippen molar-refractivity contribution in [3.05, 3.63) is 69.7 Å². The van der Waals surface area contributed by atoms with Crippen LogP contribution in [0.3, 0.4) is 0 Å². The van der Waals surface area contributed by atoms with E-state index in [9.17, 15) is 9.59 Å². The van der Waals surface area contributed by atoms with Gasteiger partial charge in [-0.2, -0.15) is 0 Å². The summed E-state index contributed by atoms with van der Waals surface area (Å²) in [4.78, 5) is 23.7. The standard InChI is InChI=1S/C21H25BrN2O3/c1-21(2,3)27-20(26)24-14-17-6-4-16(5-7-17)13-23-19(25)12-15-8-10-18(22)11-9-15/h4-11H,12-14H2,1-3H3,(H,23,25)(H,24,26). The summed E-state index contributed by atoms with van der Waals surface area (Å²) in [5.74, 6) is -0.0204. The maximum absolute atomic E-state index is 12.0. The molecule has 0 aliphatic rings. The fraction of sp³-hybridized carbons (Fsp3) is 0.333. The van der Waals surface area contributed by atoms with Gasteiger partial charge in [-0.15, -0.1) is 0 Å². The third-order valence-corrected chi connectivity index (χ3v) is 4.15. The van der Waals surface area contributed by atoms with E-state index >= 15 is 0 Å². The Kier molecular flexibility index (Phi) is 7.42. The molecule has 0 aliphatic carbocycles. The summed E-state index contributed by atoms with van der Waals surface area (Å²) < 4.78 is 6.20. The van der Waals surface area contributed by atoms with E-state index in [1.54, 1.807) is 0 Å². The number of nitrogens with one attached hydrogen (secondary N) is 2. The van der Waals surface area contributed by atoms with Crippen molar-refractivity contribution in [1.82, 2.24) is 10.6 Å². The first-order valence-corrected chi connectivity index (χ1v) is 9.56. The van der Waals surface area contributed by atoms with Crippen LogP contribution in [0.25, 0.3) is 0 Å². The van der Waals surface area contributed by atoms with Crippen LogP contribution in [-0.4, -0.2) is 17.6 Å². The van der Waals surface area contributed by atoms with Crippen molar-refractivity contribution in [3.63, 3.8) is 0 Å². The van der Waals surface area contributed by atoms with Crippen molar-refractivity contribution >= 4 is 27.9 Å². The van der Waals surface area contributed by atoms with Crippen LogP contribution in [0, 0.1) is 0 Å². The molecule has 0 fully saturated rings. The number of hydrogen-bond acceptors (Lipinski definition) is 3. The molecule has 0 atom stereocenters. The molecule has 2 N–H and O–H groups in total. The van der Waals surface area contributed by atoms with Gasteiger partial charge in [0.15, 0.2) is 0 Å². The molecule has 144 valence electrons. The van der Waals surface area contributed by atoms with Crippen LogP contribution in [0.15, 0.2) is 53.0 Å². The molecule has 0 saturated heterocycles. The largest absolute Gasteiger partial charge is 0.444 e. The summed E-state index contributed by atoms with van der Waals surface area (Å²) in [5, 5.41) is 5.64. The van der Waals surface area contributed by atoms with Gasteiger partial charge >= 0.3 is 6.09 Å². The van der Waals surface area contributed by atoms with Crippen molar-refractivity contribution in [2.24, 2.45) is 0 Å². The van der Waals surface area contributed by atoms with E-state index in [2.05, 4.69) is 26.6 Å². The molecule has 5 nitrogen and oxygen atoms in total. The van der Waals surface area contributed by atoms with E-state index in [4.69, 9.17) is 4.74 Å². The molecule has 0 aliphatic heterocycles. The fourth-order valence-corrected chi connectivity index (χ4v) is 2.58. The van der Waals surface area contributed by atoms with E-state index in [0.29, 0.717) is 19.5 Å². The minimum absolute atomic E-state index is 0.0204. The smallest absolute Gasteiger partial charge is 0.407 e. The van der Waals surface area contributed by atoms with Gasteiger partial charge in [0.2, 0.25) is 5.91 Å². The van der Waals surface area contributed by atoms with Gasteiger partial charge in [0.05, 0.1) is 6.42 Å². The molecule has 6 heteroatoms. The quantitative estimate of drug-likeness (QED) is 0.713. The first-order valence-electron chi connectivity index (χ1n) is 8.77. The zero-order valence-corrected chi connectivity index (χ0v) is 17.4. The van der Waals surface area contributed by atoms with Gasteiger partial charge in [-0.25, -0.2) is 4.79 Å². The summed E-state index contributed by atoms with van der Waals surface area (Å²) in [5.41, 5.74) is 2.42. The summed E-state index contributed by atoms with van der Waals surface area (Å²) in [6.45, 7) is 6.34. The maximum atomic E-state index is 12.0. The lowest BCUT2D eigenvalue weighted by Crippen LogP contribution is -2.32. The van der Waals surface area contributed by atoms with Gasteiger partial charge in [-0.05, 0) is 49.6 Å². The van der Waals surface area contributed by atoms with Gasteiger partial charge in [-0.1, -0.05) is 52.3 Å². The second kappa shape index (κ2) is 9.55. The maximum Gasteiger partial charge on any atom is 0.407 e. The van der Waals surface area contributed by atoms with Gasteiger partial charge in [0.25, 0.3) is 0 Å². The highest BCUT2D eigenvalue weighted by Crippen LogP contribution is 2.11. The lowest BCUT2D eigenvalue weighted by molar-refractivity contribution is -0.120. The average Bonchev–Trinajstić information content (AvgIpc) is 2.60. The van der Waals surface area contributed by atoms with Crippen molar-refractivity contribution in [1.29, 1.82) is 0 Å². The van der Waals surface area contributed by atoms with Crippen molar-refractivity contribution in [2.45, 2.75) is 45.9 Å². The van der Waals surface area contributed by atoms with Gasteiger partial charge in [0.1, 0.15) is 5.60 Å². The van der Waals surface area contributed by atoms with Crippen LogP contribution in [0.2, 0.25) is 0 Å². The normalized spacial score (nSPS) is 11.0. The van der Waals surface area contributed by atoms with Gasteiger partial charge in [-0.3, -0.25) is 4.79 Å². The van der Waals surface area contributed by atoms with Crippen molar-refractivity contribution < 1.29 is 14.3 Å². The van der Waals surface area contributed by atoms with Crippen LogP contribution in [-0.2, 0) is 29.0 Å². The second-order valence-corrected chi connectivity index (χ2v) is 8.17. The van der Waals surface area contributed by atoms with Crippen molar-refractivity contribution in [2.75, 3.05) is 0 Å². The molecule has 2 aromatic carbocycles. The highest BCUT2D eigenvalue weighted by molar-refractivity contribution is 9.10. The summed E-state index contributed by atoms with van der Waals surface area (Å²) in [6, 6.07) is 15.4. The van der Waals surface area contributed by atoms with E-state index in [1.165, 1.54) is 0 Å². The fourth-order valence-electron chi connectivity index (χ4n) is 2.31. The number of alkyl carbamates (subject to hydrolysis) is 1. The second-order valence-electron chi connectivity index (χ2n) is 7.25. The first-order chi connectivity index (χ1) is 12.7. The number of benzene rings is 2. The molecule has 2 amide bonds. The molecule has 0 heterocycles. The molecule has 0 unspecified atom stereocenters. The summed E-state index contributed by atoms with van der Waals surface area (Å²) in [7, 11) is 0. The Bertz CT molecular complexity index is 766. The monoisotopic (exact) mass is 432 g/mol. The lowest BCUT2D eigenvalue weighted by Gasteiger charge is -2.19. The zero-order chi connectivity index (χ0) is 19.9. The molecular weight excluding hydrogens is 408 g/mol. The Morgan fingerprint density at radius 1 is 0.852 bits per heavy atom. The van der Waals surface area contributed by atoms with Gasteiger partial charge in [0, 0.05) is 17.6 Å². The number of carbonyl (C=O) groups is 2. The highest BCUT2D eigenvalue weighted by Gasteiger charge is 2.15. The molecule has 0 radical (unpaired) electrons. The predicted octanol–water partition coefficient (Wildman–Crippen LogP) is 4.33. The van der Waals surface area contributed by atoms with Crippen molar-refractivity contribution in [3.8, 4) is 0 Å².